The van der Waals surface area contributed by atoms with E-state index >= 15 is 0 Å². The van der Waals surface area contributed by atoms with Crippen LogP contribution in [-0.2, 0) is 13.6 Å². The van der Waals surface area contributed by atoms with Crippen LogP contribution in [0.2, 0.25) is 0 Å². The first-order chi connectivity index (χ1) is 8.60. The van der Waals surface area contributed by atoms with Crippen LogP contribution in [0.25, 0.3) is 0 Å². The van der Waals surface area contributed by atoms with Crippen LogP contribution >= 0.6 is 8.25 Å². The third kappa shape index (κ3) is 11.1. The van der Waals surface area contributed by atoms with Crippen molar-refractivity contribution in [1.29, 1.82) is 0 Å². The van der Waals surface area contributed by atoms with Crippen molar-refractivity contribution in [2.45, 2.75) is 66.2 Å². The molecule has 0 saturated carbocycles. The summed E-state index contributed by atoms with van der Waals surface area (Å²) in [5, 5.41) is 0. The van der Waals surface area contributed by atoms with Gasteiger partial charge in [0.05, 0.1) is 0 Å². The van der Waals surface area contributed by atoms with Gasteiger partial charge in [-0.15, -0.1) is 9.05 Å². The van der Waals surface area contributed by atoms with Crippen LogP contribution in [0, 0.1) is 11.8 Å². The zero-order valence-corrected chi connectivity index (χ0v) is 13.4. The molecule has 0 amide bonds. The molecule has 2 atom stereocenters. The van der Waals surface area contributed by atoms with Crippen molar-refractivity contribution in [3.05, 3.63) is 0 Å². The maximum absolute atomic E-state index is 11.5. The molecule has 0 aromatic carbocycles. The minimum absolute atomic E-state index is 0.463. The minimum Gasteiger partial charge on any atom is -0.119 e. The zero-order valence-electron chi connectivity index (χ0n) is 12.5. The molecule has 108 valence electrons. The standard InChI is InChI=1S/C14H30O3P/c1-5-7-9-13(3)11-16-18(15)17-12-14(4)10-8-6-2/h13-14H,5-12H2,1-4H3/q+1. The van der Waals surface area contributed by atoms with E-state index in [-0.39, 0.29) is 0 Å². The van der Waals surface area contributed by atoms with Crippen LogP contribution in [0.5, 0.6) is 0 Å². The fraction of sp³-hybridized carbons (Fsp3) is 1.00. The van der Waals surface area contributed by atoms with Gasteiger partial charge in [-0.2, -0.15) is 0 Å². The van der Waals surface area contributed by atoms with Gasteiger partial charge in [0.2, 0.25) is 0 Å². The summed E-state index contributed by atoms with van der Waals surface area (Å²) in [4.78, 5) is 0. The van der Waals surface area contributed by atoms with Crippen molar-refractivity contribution in [1.82, 2.24) is 0 Å². The molecule has 0 rings (SSSR count). The Labute approximate surface area is 114 Å². The third-order valence-corrected chi connectivity index (χ3v) is 3.75. The van der Waals surface area contributed by atoms with Gasteiger partial charge in [-0.1, -0.05) is 53.4 Å². The summed E-state index contributed by atoms with van der Waals surface area (Å²) in [7, 11) is -1.93. The maximum atomic E-state index is 11.5. The molecular weight excluding hydrogens is 247 g/mol. The summed E-state index contributed by atoms with van der Waals surface area (Å²) in [5.41, 5.74) is 0. The van der Waals surface area contributed by atoms with Crippen LogP contribution < -0.4 is 0 Å². The fourth-order valence-electron chi connectivity index (χ4n) is 1.69. The molecule has 18 heavy (non-hydrogen) atoms. The minimum atomic E-state index is -1.93. The van der Waals surface area contributed by atoms with Gasteiger partial charge in [-0.25, -0.2) is 0 Å². The van der Waals surface area contributed by atoms with Crippen molar-refractivity contribution in [2.75, 3.05) is 13.2 Å². The molecule has 0 bridgehead atoms. The molecule has 0 heterocycles. The van der Waals surface area contributed by atoms with E-state index < -0.39 is 8.25 Å². The van der Waals surface area contributed by atoms with Crippen molar-refractivity contribution in [2.24, 2.45) is 11.8 Å². The van der Waals surface area contributed by atoms with E-state index in [1.165, 1.54) is 25.7 Å². The molecule has 0 N–H and O–H groups in total. The first-order valence-corrected chi connectivity index (χ1v) is 8.42. The van der Waals surface area contributed by atoms with Gasteiger partial charge < -0.3 is 0 Å². The van der Waals surface area contributed by atoms with Crippen LogP contribution in [0.15, 0.2) is 0 Å². The molecule has 0 aliphatic carbocycles. The Morgan fingerprint density at radius 3 is 1.61 bits per heavy atom. The van der Waals surface area contributed by atoms with Crippen LogP contribution in [0.1, 0.15) is 66.2 Å². The molecule has 0 radical (unpaired) electrons. The summed E-state index contributed by atoms with van der Waals surface area (Å²) in [6, 6.07) is 0. The van der Waals surface area contributed by atoms with E-state index in [0.717, 1.165) is 12.8 Å². The average Bonchev–Trinajstić information content (AvgIpc) is 2.37. The molecule has 3 nitrogen and oxygen atoms in total. The molecule has 2 unspecified atom stereocenters. The Morgan fingerprint density at radius 1 is 0.889 bits per heavy atom. The second-order valence-electron chi connectivity index (χ2n) is 5.31. The number of unbranched alkanes of at least 4 members (excludes halogenated alkanes) is 2. The highest BCUT2D eigenvalue weighted by molar-refractivity contribution is 7.33. The third-order valence-electron chi connectivity index (χ3n) is 3.03. The van der Waals surface area contributed by atoms with Gasteiger partial charge in [0.1, 0.15) is 13.2 Å². The lowest BCUT2D eigenvalue weighted by molar-refractivity contribution is 0.178. The van der Waals surface area contributed by atoms with Crippen LogP contribution in [0.4, 0.5) is 0 Å². The molecule has 0 fully saturated rings. The SMILES string of the molecule is CCCCC(C)CO[P+](=O)OCC(C)CCCC. The molecular formula is C14H30O3P+. The predicted octanol–water partition coefficient (Wildman–Crippen LogP) is 5.33. The Balaban J connectivity index is 3.52. The molecule has 0 aliphatic rings. The van der Waals surface area contributed by atoms with E-state index in [0.29, 0.717) is 25.0 Å². The van der Waals surface area contributed by atoms with Crippen molar-refractivity contribution < 1.29 is 13.6 Å². The summed E-state index contributed by atoms with van der Waals surface area (Å²) >= 11 is 0. The first kappa shape index (κ1) is 18.0. The maximum Gasteiger partial charge on any atom is 0.697 e. The lowest BCUT2D eigenvalue weighted by Gasteiger charge is -2.06. The average molecular weight is 277 g/mol. The van der Waals surface area contributed by atoms with Gasteiger partial charge in [0.15, 0.2) is 0 Å². The van der Waals surface area contributed by atoms with Crippen molar-refractivity contribution in [3.8, 4) is 0 Å². The summed E-state index contributed by atoms with van der Waals surface area (Å²) in [6.07, 6.45) is 7.06. The Bertz CT molecular complexity index is 189. The van der Waals surface area contributed by atoms with Gasteiger partial charge in [-0.05, 0) is 24.7 Å². The highest BCUT2D eigenvalue weighted by atomic mass is 31.1. The Morgan fingerprint density at radius 2 is 1.28 bits per heavy atom. The second-order valence-corrected chi connectivity index (χ2v) is 6.27. The molecule has 4 heteroatoms. The van der Waals surface area contributed by atoms with Crippen molar-refractivity contribution in [3.63, 3.8) is 0 Å². The predicted molar refractivity (Wildman–Crippen MR) is 76.9 cm³/mol. The quantitative estimate of drug-likeness (QED) is 0.452. The lowest BCUT2D eigenvalue weighted by Crippen LogP contribution is -2.05. The highest BCUT2D eigenvalue weighted by Crippen LogP contribution is 2.27. The Kier molecular flexibility index (Phi) is 12.1. The van der Waals surface area contributed by atoms with E-state index in [1.807, 2.05) is 0 Å². The molecule has 0 aromatic rings. The van der Waals surface area contributed by atoms with Crippen LogP contribution in [0.3, 0.4) is 0 Å². The first-order valence-electron chi connectivity index (χ1n) is 7.33. The van der Waals surface area contributed by atoms with Crippen LogP contribution in [-0.4, -0.2) is 13.2 Å². The second kappa shape index (κ2) is 12.1. The Hall–Kier alpha value is 0.0200. The molecule has 0 saturated heterocycles. The van der Waals surface area contributed by atoms with Crippen molar-refractivity contribution >= 4 is 8.25 Å². The van der Waals surface area contributed by atoms with E-state index in [2.05, 4.69) is 27.7 Å². The number of hydrogen-bond donors (Lipinski definition) is 0. The van der Waals surface area contributed by atoms with E-state index in [4.69, 9.17) is 9.05 Å². The van der Waals surface area contributed by atoms with E-state index in [9.17, 15) is 4.57 Å². The van der Waals surface area contributed by atoms with Gasteiger partial charge >= 0.3 is 8.25 Å². The largest absolute Gasteiger partial charge is 0.697 e. The van der Waals surface area contributed by atoms with Gasteiger partial charge in [0, 0.05) is 4.57 Å². The summed E-state index contributed by atoms with van der Waals surface area (Å²) in [5.74, 6) is 0.926. The zero-order chi connectivity index (χ0) is 13.8. The fourth-order valence-corrected chi connectivity index (χ4v) is 2.51. The normalized spacial score (nSPS) is 15.4. The monoisotopic (exact) mass is 277 g/mol. The van der Waals surface area contributed by atoms with Gasteiger partial charge in [0.25, 0.3) is 0 Å². The molecule has 0 aliphatic heterocycles. The number of rotatable bonds is 12. The van der Waals surface area contributed by atoms with Gasteiger partial charge in [-0.3, -0.25) is 0 Å². The summed E-state index contributed by atoms with van der Waals surface area (Å²) in [6.45, 7) is 9.69. The highest BCUT2D eigenvalue weighted by Gasteiger charge is 2.22. The molecule has 0 spiro atoms. The van der Waals surface area contributed by atoms with E-state index in [1.54, 1.807) is 0 Å². The summed E-state index contributed by atoms with van der Waals surface area (Å²) < 4.78 is 22.0. The molecule has 0 aromatic heterocycles. The number of hydrogen-bond acceptors (Lipinski definition) is 3. The lowest BCUT2D eigenvalue weighted by atomic mass is 10.1. The smallest absolute Gasteiger partial charge is 0.119 e. The topological polar surface area (TPSA) is 35.5 Å².